The van der Waals surface area contributed by atoms with Crippen LogP contribution in [0, 0.1) is 5.92 Å². The van der Waals surface area contributed by atoms with E-state index < -0.39 is 11.9 Å². The first-order chi connectivity index (χ1) is 13.9. The number of hydrogen-bond acceptors (Lipinski definition) is 5. The molecule has 3 aromatic rings. The molecule has 0 saturated heterocycles. The molecule has 8 nitrogen and oxygen atoms in total. The molecule has 1 atom stereocenters. The van der Waals surface area contributed by atoms with E-state index in [2.05, 4.69) is 15.4 Å². The van der Waals surface area contributed by atoms with Crippen LogP contribution in [-0.4, -0.2) is 45.4 Å². The number of carboxylic acids is 1. The molecule has 0 radical (unpaired) electrons. The number of carbonyl (C=O) groups is 2. The van der Waals surface area contributed by atoms with Crippen molar-refractivity contribution in [1.82, 2.24) is 20.1 Å². The van der Waals surface area contributed by atoms with Crippen molar-refractivity contribution in [3.05, 3.63) is 53.9 Å². The zero-order valence-corrected chi connectivity index (χ0v) is 16.6. The molecule has 0 aliphatic rings. The summed E-state index contributed by atoms with van der Waals surface area (Å²) >= 11 is 0. The van der Waals surface area contributed by atoms with Gasteiger partial charge in [0.2, 0.25) is 0 Å². The molecule has 0 saturated carbocycles. The van der Waals surface area contributed by atoms with Gasteiger partial charge in [0, 0.05) is 24.2 Å². The van der Waals surface area contributed by atoms with Crippen LogP contribution in [-0.2, 0) is 11.2 Å². The minimum absolute atomic E-state index is 0.00446. The number of carbonyl (C=O) groups excluding carboxylic acids is 1. The molecule has 3 rings (SSSR count). The highest BCUT2D eigenvalue weighted by atomic mass is 16.5. The third-order valence-corrected chi connectivity index (χ3v) is 4.70. The Bertz CT molecular complexity index is 1030. The SMILES string of the molecule is COc1ccccc1CC(CNC(=O)c1cnc2c(cnn2C(C)C)c1)C(=O)O. The number of hydrogen-bond donors (Lipinski definition) is 2. The van der Waals surface area contributed by atoms with Crippen LogP contribution in [0.5, 0.6) is 5.75 Å². The van der Waals surface area contributed by atoms with E-state index >= 15 is 0 Å². The number of nitrogens with zero attached hydrogens (tertiary/aromatic N) is 3. The average Bonchev–Trinajstić information content (AvgIpc) is 3.14. The lowest BCUT2D eigenvalue weighted by Gasteiger charge is -2.15. The summed E-state index contributed by atoms with van der Waals surface area (Å²) in [6, 6.07) is 9.12. The van der Waals surface area contributed by atoms with E-state index in [-0.39, 0.29) is 24.9 Å². The third kappa shape index (κ3) is 4.53. The number of nitrogens with one attached hydrogen (secondary N) is 1. The van der Waals surface area contributed by atoms with Crippen LogP contribution in [0.1, 0.15) is 35.8 Å². The van der Waals surface area contributed by atoms with E-state index in [0.29, 0.717) is 17.0 Å². The number of pyridine rings is 1. The molecular weight excluding hydrogens is 372 g/mol. The van der Waals surface area contributed by atoms with Crippen LogP contribution in [0.3, 0.4) is 0 Å². The zero-order chi connectivity index (χ0) is 21.0. The monoisotopic (exact) mass is 396 g/mol. The number of methoxy groups -OCH3 is 1. The topological polar surface area (TPSA) is 106 Å². The van der Waals surface area contributed by atoms with E-state index in [4.69, 9.17) is 4.74 Å². The first-order valence-corrected chi connectivity index (χ1v) is 9.37. The quantitative estimate of drug-likeness (QED) is 0.606. The van der Waals surface area contributed by atoms with Gasteiger partial charge in [-0.05, 0) is 38.0 Å². The summed E-state index contributed by atoms with van der Waals surface area (Å²) in [5.74, 6) is -1.51. The summed E-state index contributed by atoms with van der Waals surface area (Å²) in [5, 5.41) is 17.3. The molecule has 0 spiro atoms. The molecule has 1 unspecified atom stereocenters. The third-order valence-electron chi connectivity index (χ3n) is 4.70. The van der Waals surface area contributed by atoms with Gasteiger partial charge in [0.1, 0.15) is 5.75 Å². The molecule has 1 aromatic carbocycles. The highest BCUT2D eigenvalue weighted by Crippen LogP contribution is 2.21. The van der Waals surface area contributed by atoms with E-state index in [1.807, 2.05) is 32.0 Å². The molecule has 0 aliphatic carbocycles. The predicted molar refractivity (Wildman–Crippen MR) is 108 cm³/mol. The van der Waals surface area contributed by atoms with Gasteiger partial charge < -0.3 is 15.2 Å². The predicted octanol–water partition coefficient (Wildman–Crippen LogP) is 2.69. The second-order valence-electron chi connectivity index (χ2n) is 7.08. The van der Waals surface area contributed by atoms with E-state index in [0.717, 1.165) is 10.9 Å². The van der Waals surface area contributed by atoms with Crippen molar-refractivity contribution in [2.75, 3.05) is 13.7 Å². The molecule has 0 aliphatic heterocycles. The van der Waals surface area contributed by atoms with Gasteiger partial charge >= 0.3 is 5.97 Å². The summed E-state index contributed by atoms with van der Waals surface area (Å²) in [7, 11) is 1.54. The highest BCUT2D eigenvalue weighted by Gasteiger charge is 2.21. The average molecular weight is 396 g/mol. The van der Waals surface area contributed by atoms with Crippen LogP contribution >= 0.6 is 0 Å². The largest absolute Gasteiger partial charge is 0.496 e. The number of aromatic nitrogens is 3. The molecule has 8 heteroatoms. The van der Waals surface area contributed by atoms with Crippen LogP contribution in [0.4, 0.5) is 0 Å². The normalized spacial score (nSPS) is 12.1. The summed E-state index contributed by atoms with van der Waals surface area (Å²) in [4.78, 5) is 28.6. The Morgan fingerprint density at radius 1 is 1.24 bits per heavy atom. The van der Waals surface area contributed by atoms with Crippen molar-refractivity contribution >= 4 is 22.9 Å². The van der Waals surface area contributed by atoms with E-state index in [1.54, 1.807) is 30.1 Å². The molecule has 1 amide bonds. The second-order valence-corrected chi connectivity index (χ2v) is 7.08. The minimum atomic E-state index is -0.983. The number of benzene rings is 1. The summed E-state index contributed by atoms with van der Waals surface area (Å²) in [5.41, 5.74) is 1.85. The van der Waals surface area contributed by atoms with E-state index in [1.165, 1.54) is 6.20 Å². The van der Waals surface area contributed by atoms with Gasteiger partial charge in [0.05, 0.1) is 24.8 Å². The fraction of sp³-hybridized carbons (Fsp3) is 0.333. The lowest BCUT2D eigenvalue weighted by Crippen LogP contribution is -2.34. The van der Waals surface area contributed by atoms with Gasteiger partial charge in [-0.15, -0.1) is 0 Å². The zero-order valence-electron chi connectivity index (χ0n) is 16.6. The fourth-order valence-electron chi connectivity index (χ4n) is 3.14. The molecule has 152 valence electrons. The van der Waals surface area contributed by atoms with Crippen LogP contribution < -0.4 is 10.1 Å². The minimum Gasteiger partial charge on any atom is -0.496 e. The van der Waals surface area contributed by atoms with Crippen LogP contribution in [0.2, 0.25) is 0 Å². The lowest BCUT2D eigenvalue weighted by molar-refractivity contribution is -0.141. The van der Waals surface area contributed by atoms with Crippen molar-refractivity contribution < 1.29 is 19.4 Å². The number of amides is 1. The molecule has 2 N–H and O–H groups in total. The number of para-hydroxylation sites is 1. The fourth-order valence-corrected chi connectivity index (χ4v) is 3.14. The Balaban J connectivity index is 1.70. The van der Waals surface area contributed by atoms with Crippen molar-refractivity contribution in [3.63, 3.8) is 0 Å². The van der Waals surface area contributed by atoms with Crippen molar-refractivity contribution in [3.8, 4) is 5.75 Å². The van der Waals surface area contributed by atoms with Gasteiger partial charge in [-0.1, -0.05) is 18.2 Å². The van der Waals surface area contributed by atoms with Crippen molar-refractivity contribution in [2.24, 2.45) is 5.92 Å². The number of rotatable bonds is 8. The molecule has 2 aromatic heterocycles. The maximum absolute atomic E-state index is 12.5. The van der Waals surface area contributed by atoms with E-state index in [9.17, 15) is 14.7 Å². The molecule has 0 bridgehead atoms. The van der Waals surface area contributed by atoms with Crippen LogP contribution in [0.15, 0.2) is 42.7 Å². The molecule has 0 fully saturated rings. The molecular formula is C21H24N4O4. The summed E-state index contributed by atoms with van der Waals surface area (Å²) in [6.07, 6.45) is 3.40. The Hall–Kier alpha value is -3.42. The number of aliphatic carboxylic acids is 1. The number of carboxylic acid groups (broad SMARTS) is 1. The Morgan fingerprint density at radius 2 is 2.00 bits per heavy atom. The van der Waals surface area contributed by atoms with Crippen molar-refractivity contribution in [1.29, 1.82) is 0 Å². The maximum atomic E-state index is 12.5. The van der Waals surface area contributed by atoms with Gasteiger partial charge in [-0.3, -0.25) is 9.59 Å². The Kier molecular flexibility index (Phi) is 6.11. The summed E-state index contributed by atoms with van der Waals surface area (Å²) < 4.78 is 7.07. The Labute approximate surface area is 168 Å². The molecule has 29 heavy (non-hydrogen) atoms. The number of ether oxygens (including phenoxy) is 1. The van der Waals surface area contributed by atoms with Gasteiger partial charge in [-0.25, -0.2) is 9.67 Å². The van der Waals surface area contributed by atoms with Gasteiger partial charge in [0.15, 0.2) is 5.65 Å². The second kappa shape index (κ2) is 8.72. The maximum Gasteiger partial charge on any atom is 0.308 e. The molecule has 2 heterocycles. The highest BCUT2D eigenvalue weighted by molar-refractivity contribution is 5.97. The smallest absolute Gasteiger partial charge is 0.308 e. The number of fused-ring (bicyclic) bond motifs is 1. The van der Waals surface area contributed by atoms with Crippen molar-refractivity contribution in [2.45, 2.75) is 26.3 Å². The Morgan fingerprint density at radius 3 is 2.69 bits per heavy atom. The van der Waals surface area contributed by atoms with Gasteiger partial charge in [-0.2, -0.15) is 5.10 Å². The standard InChI is InChI=1S/C21H24N4O4/c1-13(2)25-19-15(12-24-25)9-16(10-22-19)20(26)23-11-17(21(27)28)8-14-6-4-5-7-18(14)29-3/h4-7,9-10,12-13,17H,8,11H2,1-3H3,(H,23,26)(H,27,28). The van der Waals surface area contributed by atoms with Gasteiger partial charge in [0.25, 0.3) is 5.91 Å². The lowest BCUT2D eigenvalue weighted by atomic mass is 9.98. The summed E-state index contributed by atoms with van der Waals surface area (Å²) in [6.45, 7) is 4.00. The first-order valence-electron chi connectivity index (χ1n) is 9.37. The van der Waals surface area contributed by atoms with Crippen LogP contribution in [0.25, 0.3) is 11.0 Å². The first kappa shape index (κ1) is 20.3.